The molecule has 0 aliphatic carbocycles. The Hall–Kier alpha value is -2.99. The van der Waals surface area contributed by atoms with E-state index in [1.165, 1.54) is 25.1 Å². The number of sulfonamides is 1. The van der Waals surface area contributed by atoms with Gasteiger partial charge in [-0.3, -0.25) is 4.31 Å². The van der Waals surface area contributed by atoms with Crippen LogP contribution in [0, 0.1) is 0 Å². The third-order valence-corrected chi connectivity index (χ3v) is 9.61. The number of hydrogen-bond donors (Lipinski definition) is 0. The molecular weight excluding hydrogens is 593 g/mol. The maximum Gasteiger partial charge on any atom is 0.331 e. The maximum absolute atomic E-state index is 13.8. The van der Waals surface area contributed by atoms with E-state index < -0.39 is 22.5 Å². The van der Waals surface area contributed by atoms with Crippen LogP contribution in [0.25, 0.3) is 0 Å². The third-order valence-electron chi connectivity index (χ3n) is 6.48. The molecule has 1 saturated heterocycles. The van der Waals surface area contributed by atoms with Gasteiger partial charge in [-0.15, -0.1) is 10.2 Å². The van der Waals surface area contributed by atoms with Crippen molar-refractivity contribution < 1.29 is 17.9 Å². The van der Waals surface area contributed by atoms with E-state index in [-0.39, 0.29) is 20.7 Å². The van der Waals surface area contributed by atoms with Crippen LogP contribution in [0.15, 0.2) is 65.8 Å². The first kappa shape index (κ1) is 28.5. The summed E-state index contributed by atoms with van der Waals surface area (Å²) in [4.78, 5) is 16.7. The Morgan fingerprint density at radius 3 is 2.35 bits per heavy atom. The monoisotopic (exact) mass is 619 g/mol. The van der Waals surface area contributed by atoms with Crippen LogP contribution in [-0.2, 0) is 26.0 Å². The van der Waals surface area contributed by atoms with Crippen molar-refractivity contribution in [1.82, 2.24) is 10.2 Å². The first-order valence-electron chi connectivity index (χ1n) is 12.5. The lowest BCUT2D eigenvalue weighted by atomic mass is 10.1. The highest BCUT2D eigenvalue weighted by Gasteiger charge is 2.31. The number of aromatic nitrogens is 2. The standard InChI is InChI=1S/C27H27Cl2N5O4S2/c1-18(2)38-27(35)17-34(40(36,37)23-15-20(28)14-21(29)16-23)22-3-4-24-19(13-22)7-8-33(24)26-6-5-25(30-31-26)32-9-11-39-12-10-32/h3-6,13-16H,1,7-12,17H2,2H3. The van der Waals surface area contributed by atoms with Gasteiger partial charge < -0.3 is 14.5 Å². The number of rotatable bonds is 8. The van der Waals surface area contributed by atoms with Crippen molar-refractivity contribution in [3.63, 3.8) is 0 Å². The van der Waals surface area contributed by atoms with Gasteiger partial charge in [0.25, 0.3) is 10.0 Å². The summed E-state index contributed by atoms with van der Waals surface area (Å²) in [7, 11) is -4.24. The molecule has 0 N–H and O–H groups in total. The molecule has 2 aliphatic rings. The summed E-state index contributed by atoms with van der Waals surface area (Å²) < 4.78 is 33.6. The van der Waals surface area contributed by atoms with Crippen LogP contribution in [0.1, 0.15) is 12.5 Å². The van der Waals surface area contributed by atoms with E-state index in [0.717, 1.165) is 46.0 Å². The van der Waals surface area contributed by atoms with Gasteiger partial charge in [-0.2, -0.15) is 11.8 Å². The van der Waals surface area contributed by atoms with E-state index in [9.17, 15) is 13.2 Å². The summed E-state index contributed by atoms with van der Waals surface area (Å²) in [6, 6.07) is 13.2. The molecule has 0 radical (unpaired) electrons. The molecule has 9 nitrogen and oxygen atoms in total. The van der Waals surface area contributed by atoms with Crippen molar-refractivity contribution in [3.05, 3.63) is 76.5 Å². The summed E-state index contributed by atoms with van der Waals surface area (Å²) in [6.07, 6.45) is 0.656. The minimum atomic E-state index is -4.24. The van der Waals surface area contributed by atoms with Crippen molar-refractivity contribution in [2.75, 3.05) is 51.8 Å². The van der Waals surface area contributed by atoms with E-state index in [0.29, 0.717) is 24.5 Å². The Bertz CT molecular complexity index is 1530. The number of fused-ring (bicyclic) bond motifs is 1. The van der Waals surface area contributed by atoms with Crippen molar-refractivity contribution >= 4 is 74.0 Å². The van der Waals surface area contributed by atoms with Crippen LogP contribution in [0.2, 0.25) is 10.0 Å². The number of nitrogens with zero attached hydrogens (tertiary/aromatic N) is 5. The van der Waals surface area contributed by atoms with Gasteiger partial charge in [0.1, 0.15) is 6.54 Å². The summed E-state index contributed by atoms with van der Waals surface area (Å²) in [5.74, 6) is 3.12. The second-order valence-electron chi connectivity index (χ2n) is 9.36. The Labute approximate surface area is 247 Å². The first-order chi connectivity index (χ1) is 19.1. The Morgan fingerprint density at radius 1 is 1.02 bits per heavy atom. The predicted octanol–water partition coefficient (Wildman–Crippen LogP) is 5.30. The van der Waals surface area contributed by atoms with Gasteiger partial charge in [-0.05, 0) is 67.4 Å². The van der Waals surface area contributed by atoms with Crippen molar-refractivity contribution in [2.24, 2.45) is 0 Å². The fraction of sp³-hybridized carbons (Fsp3) is 0.296. The van der Waals surface area contributed by atoms with Crippen LogP contribution < -0.4 is 14.1 Å². The number of esters is 1. The van der Waals surface area contributed by atoms with Crippen LogP contribution in [-0.4, -0.2) is 62.3 Å². The molecule has 2 aromatic carbocycles. The highest BCUT2D eigenvalue weighted by molar-refractivity contribution is 7.99. The summed E-state index contributed by atoms with van der Waals surface area (Å²) >= 11 is 14.1. The quantitative estimate of drug-likeness (QED) is 0.246. The number of thioether (sulfide) groups is 1. The molecule has 40 heavy (non-hydrogen) atoms. The minimum Gasteiger partial charge on any atom is -0.431 e. The topological polar surface area (TPSA) is 95.9 Å². The molecule has 3 heterocycles. The van der Waals surface area contributed by atoms with Gasteiger partial charge in [0.05, 0.1) is 16.3 Å². The molecule has 13 heteroatoms. The summed E-state index contributed by atoms with van der Waals surface area (Å²) in [5.41, 5.74) is 2.11. The molecule has 5 rings (SSSR count). The van der Waals surface area contributed by atoms with Crippen LogP contribution in [0.4, 0.5) is 23.0 Å². The number of ether oxygens (including phenoxy) is 1. The second kappa shape index (κ2) is 11.9. The largest absolute Gasteiger partial charge is 0.431 e. The van der Waals surface area contributed by atoms with Crippen LogP contribution in [0.3, 0.4) is 0 Å². The van der Waals surface area contributed by atoms with E-state index in [1.54, 1.807) is 12.1 Å². The Balaban J connectivity index is 1.45. The summed E-state index contributed by atoms with van der Waals surface area (Å²) in [5, 5.41) is 9.26. The van der Waals surface area contributed by atoms with E-state index >= 15 is 0 Å². The number of carbonyl (C=O) groups is 1. The van der Waals surface area contributed by atoms with E-state index in [4.69, 9.17) is 27.9 Å². The van der Waals surface area contributed by atoms with Gasteiger partial charge in [-0.25, -0.2) is 13.2 Å². The number of carbonyl (C=O) groups excluding carboxylic acids is 1. The first-order valence-corrected chi connectivity index (χ1v) is 15.9. The lowest BCUT2D eigenvalue weighted by Crippen LogP contribution is -2.36. The molecule has 1 fully saturated rings. The zero-order valence-corrected chi connectivity index (χ0v) is 24.9. The molecule has 0 amide bonds. The lowest BCUT2D eigenvalue weighted by molar-refractivity contribution is -0.137. The molecule has 2 aliphatic heterocycles. The predicted molar refractivity (Wildman–Crippen MR) is 161 cm³/mol. The number of hydrogen-bond acceptors (Lipinski definition) is 9. The zero-order chi connectivity index (χ0) is 28.4. The Morgan fingerprint density at radius 2 is 1.70 bits per heavy atom. The molecule has 1 aromatic heterocycles. The number of benzene rings is 2. The number of anilines is 4. The smallest absolute Gasteiger partial charge is 0.331 e. The number of halogens is 2. The minimum absolute atomic E-state index is 0.141. The fourth-order valence-electron chi connectivity index (χ4n) is 4.67. The van der Waals surface area contributed by atoms with Gasteiger partial charge >= 0.3 is 5.97 Å². The number of allylic oxidation sites excluding steroid dienone is 1. The van der Waals surface area contributed by atoms with Gasteiger partial charge in [0, 0.05) is 46.9 Å². The second-order valence-corrected chi connectivity index (χ2v) is 13.3. The Kier molecular flexibility index (Phi) is 8.46. The zero-order valence-electron chi connectivity index (χ0n) is 21.7. The summed E-state index contributed by atoms with van der Waals surface area (Å²) in [6.45, 7) is 7.08. The molecule has 3 aromatic rings. The van der Waals surface area contributed by atoms with Crippen molar-refractivity contribution in [1.29, 1.82) is 0 Å². The van der Waals surface area contributed by atoms with Crippen molar-refractivity contribution in [3.8, 4) is 0 Å². The van der Waals surface area contributed by atoms with Gasteiger partial charge in [0.15, 0.2) is 11.6 Å². The third kappa shape index (κ3) is 6.17. The normalized spacial score (nSPS) is 15.1. The van der Waals surface area contributed by atoms with Gasteiger partial charge in [0.2, 0.25) is 0 Å². The SMILES string of the molecule is C=C(C)OC(=O)CN(c1ccc2c(c1)CCN2c1ccc(N2CCSCC2)nn1)S(=O)(=O)c1cc(Cl)cc(Cl)c1. The highest BCUT2D eigenvalue weighted by atomic mass is 35.5. The highest BCUT2D eigenvalue weighted by Crippen LogP contribution is 2.37. The van der Waals surface area contributed by atoms with Crippen LogP contribution >= 0.6 is 35.0 Å². The molecule has 0 saturated carbocycles. The van der Waals surface area contributed by atoms with E-state index in [2.05, 4.69) is 21.7 Å². The molecular formula is C27H27Cl2N5O4S2. The molecule has 0 atom stereocenters. The van der Waals surface area contributed by atoms with E-state index in [1.807, 2.05) is 34.9 Å². The molecule has 210 valence electrons. The molecule has 0 spiro atoms. The van der Waals surface area contributed by atoms with Gasteiger partial charge in [-0.1, -0.05) is 29.8 Å². The molecule has 0 unspecified atom stereocenters. The fourth-order valence-corrected chi connectivity index (χ4v) is 7.70. The molecule has 0 bridgehead atoms. The van der Waals surface area contributed by atoms with Crippen LogP contribution in [0.5, 0.6) is 0 Å². The van der Waals surface area contributed by atoms with Crippen molar-refractivity contribution in [2.45, 2.75) is 18.2 Å². The average Bonchev–Trinajstić information content (AvgIpc) is 3.34. The maximum atomic E-state index is 13.8. The lowest BCUT2D eigenvalue weighted by Gasteiger charge is -2.27. The average molecular weight is 621 g/mol.